The van der Waals surface area contributed by atoms with Crippen LogP contribution < -0.4 is 20.3 Å². The van der Waals surface area contributed by atoms with Crippen LogP contribution in [0.2, 0.25) is 0 Å². The predicted octanol–water partition coefficient (Wildman–Crippen LogP) is 5.21. The third-order valence-electron chi connectivity index (χ3n) is 8.76. The van der Waals surface area contributed by atoms with Crippen LogP contribution >= 0.6 is 17.1 Å². The zero-order chi connectivity index (χ0) is 36.2. The molecule has 3 heterocycles. The molecule has 1 saturated heterocycles. The number of aromatic nitrogens is 4. The van der Waals surface area contributed by atoms with Crippen molar-refractivity contribution in [1.82, 2.24) is 19.1 Å². The largest absolute Gasteiger partial charge is 0.858 e. The van der Waals surface area contributed by atoms with E-state index in [-0.39, 0.29) is 18.6 Å². The summed E-state index contributed by atoms with van der Waals surface area (Å²) >= 11 is 6.73. The van der Waals surface area contributed by atoms with Gasteiger partial charge >= 0.3 is 5.69 Å². The lowest BCUT2D eigenvalue weighted by Gasteiger charge is -2.37. The van der Waals surface area contributed by atoms with Crippen molar-refractivity contribution < 1.29 is 33.5 Å². The molecule has 3 aromatic carbocycles. The summed E-state index contributed by atoms with van der Waals surface area (Å²) in [5.41, 5.74) is -2.63. The van der Waals surface area contributed by atoms with Gasteiger partial charge in [-0.1, -0.05) is 66.0 Å². The van der Waals surface area contributed by atoms with Crippen molar-refractivity contribution in [3.8, 4) is 17.4 Å². The molecule has 51 heavy (non-hydrogen) atoms. The molecule has 1 aliphatic heterocycles. The van der Waals surface area contributed by atoms with Crippen LogP contribution in [0.3, 0.4) is 0 Å². The van der Waals surface area contributed by atoms with E-state index in [1.165, 1.54) is 10.8 Å². The summed E-state index contributed by atoms with van der Waals surface area (Å²) < 4.78 is 34.0. The second-order valence-corrected chi connectivity index (χ2v) is 18.1. The molecule has 1 aliphatic rings. The molecule has 1 unspecified atom stereocenters. The molecule has 0 aliphatic carbocycles. The molecular formula is C36H38N4O8PS2-. The fraction of sp³-hybridized carbons (Fsp3) is 0.306. The Bertz CT molecular complexity index is 2000. The van der Waals surface area contributed by atoms with Crippen LogP contribution in [0.25, 0.3) is 0 Å². The van der Waals surface area contributed by atoms with E-state index in [9.17, 15) is 14.8 Å². The Morgan fingerprint density at radius 2 is 1.63 bits per heavy atom. The third kappa shape index (κ3) is 8.07. The van der Waals surface area contributed by atoms with Crippen LogP contribution in [0.15, 0.2) is 102 Å². The Hall–Kier alpha value is -4.01. The second kappa shape index (κ2) is 15.7. The summed E-state index contributed by atoms with van der Waals surface area (Å²) in [6, 6.07) is 25.1. The van der Waals surface area contributed by atoms with Gasteiger partial charge in [0.05, 0.1) is 32.7 Å². The van der Waals surface area contributed by atoms with Crippen molar-refractivity contribution in [3.63, 3.8) is 0 Å². The van der Waals surface area contributed by atoms with Gasteiger partial charge in [-0.15, -0.1) is 0 Å². The minimum atomic E-state index is -3.46. The molecule has 0 radical (unpaired) electrons. The van der Waals surface area contributed by atoms with Gasteiger partial charge in [-0.3, -0.25) is 4.57 Å². The summed E-state index contributed by atoms with van der Waals surface area (Å²) in [6.45, 7) is 1.53. The standard InChI is InChI=1S/C36H39N4O8PS2/c1-24-21-40(35(42)38-34(24)41)33-20-30(48-49(43,50)51-23-32-37-18-19-39(32)2)31(47-33)22-46-36(25-8-6-5-7-9-25,26-10-14-28(44-3)15-11-26)27-12-16-29(45-4)17-13-27/h5-19,21,30-31,33H,20,22-23H2,1-4H3,(H,43,50)(H,38,41,42)/p-1/t30-,31+,33+,49?/m0/s1. The summed E-state index contributed by atoms with van der Waals surface area (Å²) in [7, 11) is 5.08. The normalized spacial score (nSPS) is 18.7. The Kier molecular flexibility index (Phi) is 11.3. The maximum atomic E-state index is 12.9. The zero-order valence-electron chi connectivity index (χ0n) is 28.4. The van der Waals surface area contributed by atoms with E-state index in [1.54, 1.807) is 27.3 Å². The number of methoxy groups -OCH3 is 2. The first-order valence-corrected chi connectivity index (χ1v) is 20.3. The van der Waals surface area contributed by atoms with Crippen molar-refractivity contribution in [1.29, 1.82) is 0 Å². The Morgan fingerprint density at radius 3 is 2.20 bits per heavy atom. The van der Waals surface area contributed by atoms with Gasteiger partial charge in [0.25, 0.3) is 0 Å². The van der Waals surface area contributed by atoms with Crippen molar-refractivity contribution in [3.05, 3.63) is 136 Å². The number of benzene rings is 3. The van der Waals surface area contributed by atoms with Crippen LogP contribution in [0.1, 0.15) is 40.7 Å². The summed E-state index contributed by atoms with van der Waals surface area (Å²) in [5.74, 6) is 1.81. The topological polar surface area (TPSA) is 142 Å². The van der Waals surface area contributed by atoms with E-state index in [1.807, 2.05) is 96.7 Å². The van der Waals surface area contributed by atoms with E-state index in [2.05, 4.69) is 9.97 Å². The third-order valence-corrected chi connectivity index (χ3v) is 12.8. The highest BCUT2D eigenvalue weighted by Crippen LogP contribution is 2.59. The maximum Gasteiger partial charge on any atom is 0.349 e. The summed E-state index contributed by atoms with van der Waals surface area (Å²) in [6.07, 6.45) is 2.58. The molecule has 15 heteroatoms. The van der Waals surface area contributed by atoms with Gasteiger partial charge < -0.3 is 38.0 Å². The van der Waals surface area contributed by atoms with Gasteiger partial charge in [0.1, 0.15) is 35.3 Å². The quantitative estimate of drug-likeness (QED) is 0.118. The van der Waals surface area contributed by atoms with Crippen molar-refractivity contribution in [2.45, 2.75) is 43.1 Å². The lowest BCUT2D eigenvalue weighted by atomic mass is 9.80. The summed E-state index contributed by atoms with van der Waals surface area (Å²) in [4.78, 5) is 32.3. The summed E-state index contributed by atoms with van der Waals surface area (Å²) in [5, 5.41) is 12.1. The van der Waals surface area contributed by atoms with Crippen LogP contribution in [-0.4, -0.2) is 57.0 Å². The van der Waals surface area contributed by atoms with Crippen molar-refractivity contribution >= 4 is 28.9 Å². The molecule has 1 N–H and O–H groups in total. The monoisotopic (exact) mass is 749 g/mol. The molecule has 1 fully saturated rings. The number of imidazole rings is 1. The van der Waals surface area contributed by atoms with Crippen molar-refractivity contribution in [2.75, 3.05) is 20.8 Å². The number of aryl methyl sites for hydroxylation is 2. The van der Waals surface area contributed by atoms with E-state index < -0.39 is 41.3 Å². The molecule has 0 spiro atoms. The average molecular weight is 750 g/mol. The van der Waals surface area contributed by atoms with Crippen LogP contribution in [0.5, 0.6) is 17.4 Å². The van der Waals surface area contributed by atoms with Crippen LogP contribution in [0.4, 0.5) is 0 Å². The first-order valence-electron chi connectivity index (χ1n) is 16.1. The van der Waals surface area contributed by atoms with E-state index >= 15 is 0 Å². The molecule has 6 rings (SSSR count). The Labute approximate surface area is 304 Å². The fourth-order valence-corrected chi connectivity index (χ4v) is 9.39. The van der Waals surface area contributed by atoms with Gasteiger partial charge in [-0.05, 0) is 71.1 Å². The minimum Gasteiger partial charge on any atom is -0.858 e. The second-order valence-electron chi connectivity index (χ2n) is 11.9. The lowest BCUT2D eigenvalue weighted by molar-refractivity contribution is -0.276. The maximum absolute atomic E-state index is 12.9. The number of rotatable bonds is 14. The molecule has 5 aromatic rings. The minimum absolute atomic E-state index is 0.0473. The zero-order valence-corrected chi connectivity index (χ0v) is 31.0. The first kappa shape index (κ1) is 36.8. The number of hydrogen-bond donors (Lipinski definition) is 1. The van der Waals surface area contributed by atoms with Gasteiger partial charge in [-0.2, -0.15) is 0 Å². The van der Waals surface area contributed by atoms with Gasteiger partial charge in [0.2, 0.25) is 5.69 Å². The van der Waals surface area contributed by atoms with Gasteiger partial charge in [0, 0.05) is 32.1 Å². The van der Waals surface area contributed by atoms with Crippen LogP contribution in [-0.2, 0) is 44.2 Å². The molecular weight excluding hydrogens is 712 g/mol. The van der Waals surface area contributed by atoms with E-state index in [4.69, 9.17) is 35.3 Å². The number of hydrogen-bond acceptors (Lipinski definition) is 11. The van der Waals surface area contributed by atoms with E-state index in [0.29, 0.717) is 17.3 Å². The molecule has 2 aromatic heterocycles. The highest BCUT2D eigenvalue weighted by molar-refractivity contribution is 8.67. The van der Waals surface area contributed by atoms with E-state index in [0.717, 1.165) is 33.9 Å². The fourth-order valence-electron chi connectivity index (χ4n) is 6.05. The lowest BCUT2D eigenvalue weighted by Crippen LogP contribution is -2.38. The molecule has 0 bridgehead atoms. The number of ether oxygens (including phenoxy) is 4. The Balaban J connectivity index is 1.38. The Morgan fingerprint density at radius 1 is 1.02 bits per heavy atom. The molecule has 268 valence electrons. The molecule has 4 atom stereocenters. The van der Waals surface area contributed by atoms with Crippen LogP contribution in [0, 0.1) is 6.92 Å². The van der Waals surface area contributed by atoms with Gasteiger partial charge in [-0.25, -0.2) is 14.8 Å². The smallest absolute Gasteiger partial charge is 0.349 e. The first-order chi connectivity index (χ1) is 24.5. The highest BCUT2D eigenvalue weighted by atomic mass is 32.9. The van der Waals surface area contributed by atoms with Crippen molar-refractivity contribution in [2.24, 2.45) is 7.05 Å². The SMILES string of the molecule is COc1ccc(C(OC[C@H]2O[C@@H](n3cc(C)c([O-])nc3=O)C[C@@H]2OP(O)(=S)SCc2nccn2C)(c2ccccc2)c2ccc(OC)cc2)cc1. The number of nitrogens with zero attached hydrogens (tertiary/aromatic N) is 4. The molecule has 0 saturated carbocycles. The molecule has 0 amide bonds. The highest BCUT2D eigenvalue weighted by Gasteiger charge is 2.44. The molecule has 12 nitrogen and oxygen atoms in total. The van der Waals surface area contributed by atoms with Gasteiger partial charge in [0.15, 0.2) is 0 Å². The average Bonchev–Trinajstić information content (AvgIpc) is 3.74. The predicted molar refractivity (Wildman–Crippen MR) is 195 cm³/mol.